The van der Waals surface area contributed by atoms with Crippen molar-refractivity contribution in [1.82, 2.24) is 19.6 Å². The molecule has 1 amide bonds. The molecule has 0 saturated carbocycles. The van der Waals surface area contributed by atoms with Gasteiger partial charge in [0, 0.05) is 38.4 Å². The molecule has 1 N–H and O–H groups in total. The van der Waals surface area contributed by atoms with Crippen LogP contribution in [0.25, 0.3) is 0 Å². The summed E-state index contributed by atoms with van der Waals surface area (Å²) in [7, 11) is 0. The minimum atomic E-state index is -0.465. The second kappa shape index (κ2) is 9.15. The van der Waals surface area contributed by atoms with E-state index < -0.39 is 4.92 Å². The highest BCUT2D eigenvalue weighted by Gasteiger charge is 2.22. The van der Waals surface area contributed by atoms with E-state index in [1.807, 2.05) is 24.3 Å². The van der Waals surface area contributed by atoms with Gasteiger partial charge in [0.05, 0.1) is 4.92 Å². The SMILES string of the molecule is CCN1CCN(Cc2ccc(NC(=O)Cn3nc(C)c([N+](=O)[O-])c3C)cc2)CC1. The van der Waals surface area contributed by atoms with Crippen LogP contribution in [0.5, 0.6) is 0 Å². The molecular formula is C20H28N6O3. The van der Waals surface area contributed by atoms with Gasteiger partial charge in [-0.3, -0.25) is 24.5 Å². The first-order valence-corrected chi connectivity index (χ1v) is 9.89. The Balaban J connectivity index is 1.54. The van der Waals surface area contributed by atoms with E-state index >= 15 is 0 Å². The van der Waals surface area contributed by atoms with Crippen molar-refractivity contribution >= 4 is 17.3 Å². The number of amides is 1. The fourth-order valence-electron chi connectivity index (χ4n) is 3.66. The topological polar surface area (TPSA) is 96.5 Å². The molecule has 0 atom stereocenters. The zero-order chi connectivity index (χ0) is 21.0. The third kappa shape index (κ3) is 5.18. The first-order chi connectivity index (χ1) is 13.9. The van der Waals surface area contributed by atoms with Gasteiger partial charge in [0.2, 0.25) is 5.91 Å². The molecular weight excluding hydrogens is 372 g/mol. The fraction of sp³-hybridized carbons (Fsp3) is 0.500. The summed E-state index contributed by atoms with van der Waals surface area (Å²) in [6.45, 7) is 11.7. The number of nitro groups is 1. The molecule has 2 heterocycles. The monoisotopic (exact) mass is 400 g/mol. The first-order valence-electron chi connectivity index (χ1n) is 9.89. The Kier molecular flexibility index (Phi) is 6.60. The van der Waals surface area contributed by atoms with Crippen molar-refractivity contribution in [2.24, 2.45) is 0 Å². The Morgan fingerprint density at radius 3 is 2.31 bits per heavy atom. The third-order valence-corrected chi connectivity index (χ3v) is 5.38. The van der Waals surface area contributed by atoms with E-state index in [1.165, 1.54) is 10.2 Å². The largest absolute Gasteiger partial charge is 0.324 e. The van der Waals surface area contributed by atoms with Crippen molar-refractivity contribution in [2.75, 3.05) is 38.0 Å². The lowest BCUT2D eigenvalue weighted by Gasteiger charge is -2.34. The number of benzene rings is 1. The number of carbonyl (C=O) groups excluding carboxylic acids is 1. The van der Waals surface area contributed by atoms with Crippen LogP contribution >= 0.6 is 0 Å². The molecule has 156 valence electrons. The number of nitrogens with one attached hydrogen (secondary N) is 1. The van der Waals surface area contributed by atoms with Gasteiger partial charge in [0.25, 0.3) is 0 Å². The van der Waals surface area contributed by atoms with Crippen molar-refractivity contribution < 1.29 is 9.72 Å². The van der Waals surface area contributed by atoms with Crippen LogP contribution < -0.4 is 5.32 Å². The number of piperazine rings is 1. The minimum absolute atomic E-state index is 0.0399. The van der Waals surface area contributed by atoms with E-state index in [1.54, 1.807) is 13.8 Å². The summed E-state index contributed by atoms with van der Waals surface area (Å²) in [5.74, 6) is -0.270. The van der Waals surface area contributed by atoms with Crippen LogP contribution in [0.3, 0.4) is 0 Å². The third-order valence-electron chi connectivity index (χ3n) is 5.38. The molecule has 0 aliphatic carbocycles. The normalized spacial score (nSPS) is 15.4. The highest BCUT2D eigenvalue weighted by Crippen LogP contribution is 2.21. The maximum Gasteiger partial charge on any atom is 0.312 e. The number of likely N-dealkylation sites (N-methyl/N-ethyl adjacent to an activating group) is 1. The molecule has 1 aromatic heterocycles. The lowest BCUT2D eigenvalue weighted by molar-refractivity contribution is -0.386. The molecule has 0 spiro atoms. The van der Waals surface area contributed by atoms with E-state index in [4.69, 9.17) is 0 Å². The predicted molar refractivity (Wildman–Crippen MR) is 111 cm³/mol. The Morgan fingerprint density at radius 2 is 1.76 bits per heavy atom. The average molecular weight is 400 g/mol. The van der Waals surface area contributed by atoms with Crippen molar-refractivity contribution in [3.8, 4) is 0 Å². The molecule has 2 aromatic rings. The Labute approximate surface area is 170 Å². The van der Waals surface area contributed by atoms with Gasteiger partial charge in [-0.2, -0.15) is 5.10 Å². The van der Waals surface area contributed by atoms with Crippen LogP contribution in [0.4, 0.5) is 11.4 Å². The van der Waals surface area contributed by atoms with Gasteiger partial charge in [-0.25, -0.2) is 0 Å². The van der Waals surface area contributed by atoms with Gasteiger partial charge in [-0.05, 0) is 38.1 Å². The first kappa shape index (κ1) is 20.9. The Bertz CT molecular complexity index is 869. The molecule has 3 rings (SSSR count). The van der Waals surface area contributed by atoms with E-state index in [0.29, 0.717) is 17.1 Å². The van der Waals surface area contributed by atoms with Crippen molar-refractivity contribution in [1.29, 1.82) is 0 Å². The zero-order valence-corrected chi connectivity index (χ0v) is 17.2. The number of anilines is 1. The number of aromatic nitrogens is 2. The summed E-state index contributed by atoms with van der Waals surface area (Å²) in [6.07, 6.45) is 0. The van der Waals surface area contributed by atoms with Crippen molar-refractivity contribution in [3.63, 3.8) is 0 Å². The molecule has 1 aliphatic heterocycles. The Hall–Kier alpha value is -2.78. The number of carbonyl (C=O) groups is 1. The summed E-state index contributed by atoms with van der Waals surface area (Å²) >= 11 is 0. The van der Waals surface area contributed by atoms with Crippen LogP contribution in [0.1, 0.15) is 23.9 Å². The van der Waals surface area contributed by atoms with E-state index in [0.717, 1.165) is 39.3 Å². The van der Waals surface area contributed by atoms with Gasteiger partial charge in [0.15, 0.2) is 0 Å². The standard InChI is InChI=1S/C20H28N6O3/c1-4-23-9-11-24(12-10-23)13-17-5-7-18(8-6-17)21-19(27)14-25-16(3)20(26(28)29)15(2)22-25/h5-8H,4,9-14H2,1-3H3,(H,21,27). The quantitative estimate of drug-likeness (QED) is 0.565. The lowest BCUT2D eigenvalue weighted by Crippen LogP contribution is -2.45. The molecule has 0 unspecified atom stereocenters. The summed E-state index contributed by atoms with van der Waals surface area (Å²) in [4.78, 5) is 27.8. The smallest absolute Gasteiger partial charge is 0.312 e. The van der Waals surface area contributed by atoms with Crippen LogP contribution in [-0.4, -0.2) is 63.1 Å². The molecule has 1 aromatic carbocycles. The predicted octanol–water partition coefficient (Wildman–Crippen LogP) is 2.18. The zero-order valence-electron chi connectivity index (χ0n) is 17.2. The molecule has 9 nitrogen and oxygen atoms in total. The molecule has 29 heavy (non-hydrogen) atoms. The van der Waals surface area contributed by atoms with Gasteiger partial charge >= 0.3 is 5.69 Å². The second-order valence-corrected chi connectivity index (χ2v) is 7.39. The molecule has 0 bridgehead atoms. The van der Waals surface area contributed by atoms with Gasteiger partial charge in [0.1, 0.15) is 17.9 Å². The van der Waals surface area contributed by atoms with Gasteiger partial charge < -0.3 is 10.2 Å². The van der Waals surface area contributed by atoms with Crippen molar-refractivity contribution in [2.45, 2.75) is 33.9 Å². The van der Waals surface area contributed by atoms with Crippen LogP contribution in [-0.2, 0) is 17.9 Å². The van der Waals surface area contributed by atoms with Crippen LogP contribution in [0.2, 0.25) is 0 Å². The van der Waals surface area contributed by atoms with E-state index in [9.17, 15) is 14.9 Å². The maximum absolute atomic E-state index is 12.3. The fourth-order valence-corrected chi connectivity index (χ4v) is 3.66. The molecule has 1 fully saturated rings. The van der Waals surface area contributed by atoms with E-state index in [-0.39, 0.29) is 18.1 Å². The number of hydrogen-bond donors (Lipinski definition) is 1. The summed E-state index contributed by atoms with van der Waals surface area (Å²) in [5.41, 5.74) is 2.56. The molecule has 1 aliphatic rings. The lowest BCUT2D eigenvalue weighted by atomic mass is 10.1. The molecule has 1 saturated heterocycles. The minimum Gasteiger partial charge on any atom is -0.324 e. The van der Waals surface area contributed by atoms with E-state index in [2.05, 4.69) is 27.1 Å². The highest BCUT2D eigenvalue weighted by atomic mass is 16.6. The number of rotatable bonds is 7. The molecule has 0 radical (unpaired) electrons. The second-order valence-electron chi connectivity index (χ2n) is 7.39. The van der Waals surface area contributed by atoms with Crippen molar-refractivity contribution in [3.05, 3.63) is 51.3 Å². The summed E-state index contributed by atoms with van der Waals surface area (Å²) in [5, 5.41) is 18.0. The summed E-state index contributed by atoms with van der Waals surface area (Å²) in [6, 6.07) is 7.82. The average Bonchev–Trinajstić information content (AvgIpc) is 2.97. The number of nitrogens with zero attached hydrogens (tertiary/aromatic N) is 5. The van der Waals surface area contributed by atoms with Crippen LogP contribution in [0.15, 0.2) is 24.3 Å². The van der Waals surface area contributed by atoms with Gasteiger partial charge in [-0.1, -0.05) is 19.1 Å². The summed E-state index contributed by atoms with van der Waals surface area (Å²) < 4.78 is 1.37. The Morgan fingerprint density at radius 1 is 1.14 bits per heavy atom. The van der Waals surface area contributed by atoms with Gasteiger partial charge in [-0.15, -0.1) is 0 Å². The number of aryl methyl sites for hydroxylation is 1. The van der Waals surface area contributed by atoms with Crippen LogP contribution in [0, 0.1) is 24.0 Å². The number of hydrogen-bond acceptors (Lipinski definition) is 6. The molecule has 9 heteroatoms. The highest BCUT2D eigenvalue weighted by molar-refractivity contribution is 5.90. The maximum atomic E-state index is 12.3.